The largest absolute Gasteiger partial charge is 0.493 e. The van der Waals surface area contributed by atoms with Crippen molar-refractivity contribution in [2.75, 3.05) is 11.9 Å². The Kier molecular flexibility index (Phi) is 6.06. The van der Waals surface area contributed by atoms with Crippen molar-refractivity contribution in [3.63, 3.8) is 0 Å². The van der Waals surface area contributed by atoms with Crippen LogP contribution in [-0.4, -0.2) is 22.8 Å². The Balaban J connectivity index is 1.32. The van der Waals surface area contributed by atoms with Gasteiger partial charge in [0.05, 0.1) is 16.5 Å². The van der Waals surface area contributed by atoms with Gasteiger partial charge in [0.15, 0.2) is 5.82 Å². The van der Waals surface area contributed by atoms with Crippen LogP contribution in [0.4, 0.5) is 5.82 Å². The minimum atomic E-state index is 0.0867. The highest BCUT2D eigenvalue weighted by Gasteiger charge is 2.22. The fourth-order valence-corrected chi connectivity index (χ4v) is 3.50. The average molecular weight is 432 g/mol. The first-order valence-electron chi connectivity index (χ1n) is 9.49. The maximum absolute atomic E-state index is 6.33. The highest BCUT2D eigenvalue weighted by atomic mass is 35.5. The summed E-state index contributed by atoms with van der Waals surface area (Å²) in [5.41, 5.74) is 0. The number of benzene rings is 1. The van der Waals surface area contributed by atoms with Crippen molar-refractivity contribution in [1.29, 1.82) is 0 Å². The number of ether oxygens (including phenoxy) is 2. The molecule has 1 atom stereocenters. The molecule has 3 aromatic rings. The topological polar surface area (TPSA) is 69.4 Å². The van der Waals surface area contributed by atoms with Crippen LogP contribution in [0.3, 0.4) is 0 Å². The molecule has 1 aromatic carbocycles. The number of halogens is 1. The van der Waals surface area contributed by atoms with Crippen molar-refractivity contribution in [1.82, 2.24) is 10.1 Å². The van der Waals surface area contributed by atoms with Crippen LogP contribution in [0.15, 0.2) is 41.1 Å². The van der Waals surface area contributed by atoms with E-state index in [-0.39, 0.29) is 6.04 Å². The second kappa shape index (κ2) is 8.88. The van der Waals surface area contributed by atoms with Gasteiger partial charge in [0.1, 0.15) is 17.3 Å². The van der Waals surface area contributed by atoms with Gasteiger partial charge in [-0.2, -0.15) is 0 Å². The van der Waals surface area contributed by atoms with Crippen molar-refractivity contribution >= 4 is 34.8 Å². The zero-order valence-corrected chi connectivity index (χ0v) is 17.8. The van der Waals surface area contributed by atoms with Gasteiger partial charge in [-0.05, 0) is 50.8 Å². The lowest BCUT2D eigenvalue weighted by molar-refractivity contribution is 0.299. The minimum absolute atomic E-state index is 0.0867. The Hall–Kier alpha value is -2.51. The predicted molar refractivity (Wildman–Crippen MR) is 115 cm³/mol. The highest BCUT2D eigenvalue weighted by Crippen LogP contribution is 2.35. The summed E-state index contributed by atoms with van der Waals surface area (Å²) in [6.45, 7) is 4.65. The molecule has 6 nitrogen and oxygen atoms in total. The SMILES string of the molecule is Cc1cc(N[C@@H](C)C=Cc2cnc(Oc3ccc(OCC4CC4)cc3Cl)s2)no1. The highest BCUT2D eigenvalue weighted by molar-refractivity contribution is 7.14. The summed E-state index contributed by atoms with van der Waals surface area (Å²) in [4.78, 5) is 5.29. The minimum Gasteiger partial charge on any atom is -0.493 e. The van der Waals surface area contributed by atoms with E-state index in [9.17, 15) is 0 Å². The van der Waals surface area contributed by atoms with Crippen LogP contribution in [-0.2, 0) is 0 Å². The fraction of sp³-hybridized carbons (Fsp3) is 0.333. The molecular formula is C21H22ClN3O3S. The first-order chi connectivity index (χ1) is 14.0. The number of nitrogens with one attached hydrogen (secondary N) is 1. The van der Waals surface area contributed by atoms with Crippen molar-refractivity contribution < 1.29 is 14.0 Å². The number of aromatic nitrogens is 2. The quantitative estimate of drug-likeness (QED) is 0.435. The van der Waals surface area contributed by atoms with Crippen molar-refractivity contribution in [2.24, 2.45) is 5.92 Å². The predicted octanol–water partition coefficient (Wildman–Crippen LogP) is 6.19. The number of hydrogen-bond donors (Lipinski definition) is 1. The first-order valence-corrected chi connectivity index (χ1v) is 10.7. The average Bonchev–Trinajstić information content (AvgIpc) is 3.28. The third-order valence-electron chi connectivity index (χ3n) is 4.34. The van der Waals surface area contributed by atoms with Gasteiger partial charge in [-0.1, -0.05) is 34.2 Å². The molecule has 0 amide bonds. The van der Waals surface area contributed by atoms with Crippen molar-refractivity contribution in [3.8, 4) is 16.7 Å². The summed E-state index contributed by atoms with van der Waals surface area (Å²) < 4.78 is 16.6. The maximum Gasteiger partial charge on any atom is 0.279 e. The van der Waals surface area contributed by atoms with Gasteiger partial charge in [-0.3, -0.25) is 0 Å². The molecule has 29 heavy (non-hydrogen) atoms. The van der Waals surface area contributed by atoms with Gasteiger partial charge in [0.2, 0.25) is 0 Å². The lowest BCUT2D eigenvalue weighted by Gasteiger charge is -2.08. The lowest BCUT2D eigenvalue weighted by Crippen LogP contribution is -2.11. The van der Waals surface area contributed by atoms with Crippen molar-refractivity contribution in [3.05, 3.63) is 52.2 Å². The fourth-order valence-electron chi connectivity index (χ4n) is 2.60. The molecule has 8 heteroatoms. The molecule has 1 fully saturated rings. The van der Waals surface area contributed by atoms with E-state index in [1.807, 2.05) is 44.2 Å². The summed E-state index contributed by atoms with van der Waals surface area (Å²) in [6.07, 6.45) is 8.30. The molecule has 0 radical (unpaired) electrons. The van der Waals surface area contributed by atoms with E-state index in [0.717, 1.165) is 23.0 Å². The Morgan fingerprint density at radius 2 is 2.24 bits per heavy atom. The summed E-state index contributed by atoms with van der Waals surface area (Å²) in [6, 6.07) is 7.41. The molecule has 1 N–H and O–H groups in total. The molecule has 0 unspecified atom stereocenters. The molecule has 2 aromatic heterocycles. The van der Waals surface area contributed by atoms with Gasteiger partial charge in [-0.15, -0.1) is 0 Å². The maximum atomic E-state index is 6.33. The van der Waals surface area contributed by atoms with Gasteiger partial charge < -0.3 is 19.3 Å². The van der Waals surface area contributed by atoms with Crippen molar-refractivity contribution in [2.45, 2.75) is 32.7 Å². The third-order valence-corrected chi connectivity index (χ3v) is 5.47. The molecule has 1 saturated carbocycles. The lowest BCUT2D eigenvalue weighted by atomic mass is 10.3. The van der Waals surface area contributed by atoms with E-state index >= 15 is 0 Å². The first kappa shape index (κ1) is 19.8. The normalized spacial score (nSPS) is 14.9. The van der Waals surface area contributed by atoms with Crippen LogP contribution < -0.4 is 14.8 Å². The number of anilines is 1. The molecule has 0 aliphatic heterocycles. The van der Waals surface area contributed by atoms with Crippen LogP contribution >= 0.6 is 22.9 Å². The van der Waals surface area contributed by atoms with E-state index < -0.39 is 0 Å². The monoisotopic (exact) mass is 431 g/mol. The number of nitrogens with zero attached hydrogens (tertiary/aromatic N) is 2. The molecule has 1 aliphatic rings. The van der Waals surface area contributed by atoms with Crippen LogP contribution in [0, 0.1) is 12.8 Å². The number of aryl methyl sites for hydroxylation is 1. The van der Waals surface area contributed by atoms with E-state index in [1.54, 1.807) is 12.3 Å². The van der Waals surface area contributed by atoms with Gasteiger partial charge >= 0.3 is 0 Å². The van der Waals surface area contributed by atoms with Crippen LogP contribution in [0.25, 0.3) is 6.08 Å². The molecule has 1 aliphatic carbocycles. The van der Waals surface area contributed by atoms with Gasteiger partial charge in [0, 0.05) is 24.4 Å². The molecular weight excluding hydrogens is 410 g/mol. The second-order valence-corrected chi connectivity index (χ2v) is 8.52. The number of thiazole rings is 1. The Labute approximate surface area is 178 Å². The van der Waals surface area contributed by atoms with Crippen LogP contribution in [0.1, 0.15) is 30.4 Å². The van der Waals surface area contributed by atoms with Gasteiger partial charge in [-0.25, -0.2) is 4.98 Å². The second-order valence-electron chi connectivity index (χ2n) is 7.09. The Bertz CT molecular complexity index is 997. The third kappa shape index (κ3) is 5.74. The summed E-state index contributed by atoms with van der Waals surface area (Å²) in [7, 11) is 0. The van der Waals surface area contributed by atoms with E-state index in [2.05, 4.69) is 15.5 Å². The summed E-state index contributed by atoms with van der Waals surface area (Å²) >= 11 is 7.78. The van der Waals surface area contributed by atoms with Crippen LogP contribution in [0.2, 0.25) is 5.02 Å². The number of hydrogen-bond acceptors (Lipinski definition) is 7. The zero-order chi connectivity index (χ0) is 20.2. The molecule has 2 heterocycles. The molecule has 0 saturated heterocycles. The standard InChI is InChI=1S/C21H22ClN3O3S/c1-13(24-20-9-14(2)28-25-20)3-7-17-11-23-21(29-17)27-19-8-6-16(10-18(19)22)26-12-15-4-5-15/h3,6-11,13,15H,4-5,12H2,1-2H3,(H,24,25)/t13-/m0/s1. The van der Waals surface area contributed by atoms with E-state index in [0.29, 0.717) is 27.7 Å². The molecule has 0 spiro atoms. The molecule has 152 valence electrons. The summed E-state index contributed by atoms with van der Waals surface area (Å²) in [5, 5.41) is 8.21. The smallest absolute Gasteiger partial charge is 0.279 e. The molecule has 0 bridgehead atoms. The Morgan fingerprint density at radius 1 is 1.38 bits per heavy atom. The van der Waals surface area contributed by atoms with Gasteiger partial charge in [0.25, 0.3) is 5.19 Å². The Morgan fingerprint density at radius 3 is 2.97 bits per heavy atom. The van der Waals surface area contributed by atoms with E-state index in [1.165, 1.54) is 24.2 Å². The number of rotatable bonds is 9. The zero-order valence-electron chi connectivity index (χ0n) is 16.2. The van der Waals surface area contributed by atoms with E-state index in [4.69, 9.17) is 25.6 Å². The summed E-state index contributed by atoms with van der Waals surface area (Å²) in [5.74, 6) is 3.51. The molecule has 4 rings (SSSR count). The van der Waals surface area contributed by atoms with Crippen LogP contribution in [0.5, 0.6) is 16.7 Å².